The highest BCUT2D eigenvalue weighted by molar-refractivity contribution is 6.31. The number of benzene rings is 1. The van der Waals surface area contributed by atoms with E-state index in [2.05, 4.69) is 34.4 Å². The van der Waals surface area contributed by atoms with Gasteiger partial charge in [0.05, 0.1) is 12.8 Å². The second-order valence-corrected chi connectivity index (χ2v) is 5.87. The van der Waals surface area contributed by atoms with Crippen LogP contribution in [-0.2, 0) is 0 Å². The molecule has 22 heavy (non-hydrogen) atoms. The van der Waals surface area contributed by atoms with Crippen molar-refractivity contribution in [3.05, 3.63) is 35.0 Å². The highest BCUT2D eigenvalue weighted by atomic mass is 35.5. The minimum Gasteiger partial charge on any atom is -0.495 e. The number of anilines is 3. The van der Waals surface area contributed by atoms with Gasteiger partial charge in [0.1, 0.15) is 11.6 Å². The van der Waals surface area contributed by atoms with Gasteiger partial charge in [-0.25, -0.2) is 4.98 Å². The molecule has 5 nitrogen and oxygen atoms in total. The van der Waals surface area contributed by atoms with Crippen LogP contribution in [0.2, 0.25) is 5.02 Å². The van der Waals surface area contributed by atoms with Crippen LogP contribution in [-0.4, -0.2) is 23.6 Å². The number of halogens is 1. The van der Waals surface area contributed by atoms with E-state index in [0.29, 0.717) is 28.5 Å². The first-order chi connectivity index (χ1) is 10.5. The second kappa shape index (κ2) is 7.31. The topological polar surface area (TPSA) is 59.1 Å². The number of hydrogen-bond donors (Lipinski definition) is 2. The molecule has 2 aromatic rings. The first-order valence-corrected chi connectivity index (χ1v) is 7.55. The number of nitrogens with one attached hydrogen (secondary N) is 2. The number of ether oxygens (including phenoxy) is 1. The third kappa shape index (κ3) is 4.24. The fourth-order valence-electron chi connectivity index (χ4n) is 1.88. The molecule has 1 heterocycles. The molecular weight excluding hydrogens is 300 g/mol. The van der Waals surface area contributed by atoms with Gasteiger partial charge in [0.15, 0.2) is 0 Å². The van der Waals surface area contributed by atoms with Crippen molar-refractivity contribution >= 4 is 29.1 Å². The lowest BCUT2D eigenvalue weighted by Gasteiger charge is -2.13. The van der Waals surface area contributed by atoms with Crippen molar-refractivity contribution in [3.8, 4) is 5.75 Å². The standard InChI is InChI=1S/C16H21ClN4O/c1-10(2)9-19-16-18-6-5-15(21-16)20-13-7-11(3)12(17)8-14(13)22-4/h5-8,10H,9H2,1-4H3,(H2,18,19,20,21). The molecule has 0 spiro atoms. The summed E-state index contributed by atoms with van der Waals surface area (Å²) >= 11 is 6.12. The van der Waals surface area contributed by atoms with Crippen LogP contribution in [0, 0.1) is 12.8 Å². The van der Waals surface area contributed by atoms with Gasteiger partial charge in [0.25, 0.3) is 0 Å². The molecule has 2 rings (SSSR count). The normalized spacial score (nSPS) is 10.6. The van der Waals surface area contributed by atoms with E-state index in [1.54, 1.807) is 19.4 Å². The predicted octanol–water partition coefficient (Wildman–Crippen LogP) is 4.26. The van der Waals surface area contributed by atoms with Crippen molar-refractivity contribution in [2.24, 2.45) is 5.92 Å². The predicted molar refractivity (Wildman–Crippen MR) is 91.4 cm³/mol. The number of aromatic nitrogens is 2. The minimum atomic E-state index is 0.527. The molecule has 1 aromatic heterocycles. The Kier molecular flexibility index (Phi) is 5.44. The Morgan fingerprint density at radius 2 is 2.09 bits per heavy atom. The largest absolute Gasteiger partial charge is 0.495 e. The molecule has 118 valence electrons. The monoisotopic (exact) mass is 320 g/mol. The summed E-state index contributed by atoms with van der Waals surface area (Å²) in [4.78, 5) is 8.66. The van der Waals surface area contributed by atoms with Gasteiger partial charge in [-0.3, -0.25) is 0 Å². The summed E-state index contributed by atoms with van der Waals surface area (Å²) in [5.41, 5.74) is 1.79. The summed E-state index contributed by atoms with van der Waals surface area (Å²) in [5, 5.41) is 7.12. The van der Waals surface area contributed by atoms with Crippen LogP contribution < -0.4 is 15.4 Å². The van der Waals surface area contributed by atoms with Gasteiger partial charge < -0.3 is 15.4 Å². The van der Waals surface area contributed by atoms with Crippen LogP contribution in [0.25, 0.3) is 0 Å². The van der Waals surface area contributed by atoms with Gasteiger partial charge in [-0.05, 0) is 30.5 Å². The maximum absolute atomic E-state index is 6.12. The summed E-state index contributed by atoms with van der Waals surface area (Å²) in [7, 11) is 1.61. The Bertz CT molecular complexity index is 646. The zero-order valence-corrected chi connectivity index (χ0v) is 14.0. The van der Waals surface area contributed by atoms with Crippen LogP contribution >= 0.6 is 11.6 Å². The Morgan fingerprint density at radius 3 is 2.77 bits per heavy atom. The summed E-state index contributed by atoms with van der Waals surface area (Å²) in [6.45, 7) is 7.04. The van der Waals surface area contributed by atoms with Crippen molar-refractivity contribution in [1.82, 2.24) is 9.97 Å². The molecule has 0 saturated carbocycles. The van der Waals surface area contributed by atoms with E-state index in [0.717, 1.165) is 17.8 Å². The van der Waals surface area contributed by atoms with E-state index in [-0.39, 0.29) is 0 Å². The molecule has 0 aliphatic heterocycles. The van der Waals surface area contributed by atoms with E-state index >= 15 is 0 Å². The lowest BCUT2D eigenvalue weighted by Crippen LogP contribution is -2.11. The van der Waals surface area contributed by atoms with Crippen LogP contribution in [0.3, 0.4) is 0 Å². The third-order valence-corrected chi connectivity index (χ3v) is 3.47. The van der Waals surface area contributed by atoms with Crippen molar-refractivity contribution in [1.29, 1.82) is 0 Å². The number of methoxy groups -OCH3 is 1. The zero-order valence-electron chi connectivity index (χ0n) is 13.3. The lowest BCUT2D eigenvalue weighted by atomic mass is 10.2. The molecule has 0 amide bonds. The van der Waals surface area contributed by atoms with Crippen LogP contribution in [0.4, 0.5) is 17.5 Å². The molecule has 0 radical (unpaired) electrons. The summed E-state index contributed by atoms with van der Waals surface area (Å²) in [5.74, 6) is 2.50. The Morgan fingerprint density at radius 1 is 1.32 bits per heavy atom. The van der Waals surface area contributed by atoms with Crippen molar-refractivity contribution < 1.29 is 4.74 Å². The molecule has 0 bridgehead atoms. The molecule has 0 aliphatic carbocycles. The number of nitrogens with zero attached hydrogens (tertiary/aromatic N) is 2. The Hall–Kier alpha value is -2.01. The van der Waals surface area contributed by atoms with Crippen LogP contribution in [0.15, 0.2) is 24.4 Å². The maximum Gasteiger partial charge on any atom is 0.224 e. The second-order valence-electron chi connectivity index (χ2n) is 5.47. The van der Waals surface area contributed by atoms with Crippen LogP contribution in [0.1, 0.15) is 19.4 Å². The molecule has 0 fully saturated rings. The van der Waals surface area contributed by atoms with Crippen molar-refractivity contribution in [2.75, 3.05) is 24.3 Å². The lowest BCUT2D eigenvalue weighted by molar-refractivity contribution is 0.416. The highest BCUT2D eigenvalue weighted by Crippen LogP contribution is 2.32. The molecular formula is C16H21ClN4O. The average molecular weight is 321 g/mol. The first kappa shape index (κ1) is 16.4. The smallest absolute Gasteiger partial charge is 0.224 e. The fraction of sp³-hybridized carbons (Fsp3) is 0.375. The Balaban J connectivity index is 2.20. The van der Waals surface area contributed by atoms with E-state index in [1.807, 2.05) is 19.1 Å². The SMILES string of the molecule is COc1cc(Cl)c(C)cc1Nc1ccnc(NCC(C)C)n1. The van der Waals surface area contributed by atoms with E-state index in [1.165, 1.54) is 0 Å². The molecule has 0 unspecified atom stereocenters. The van der Waals surface area contributed by atoms with Crippen LogP contribution in [0.5, 0.6) is 5.75 Å². The summed E-state index contributed by atoms with van der Waals surface area (Å²) in [6.07, 6.45) is 1.72. The van der Waals surface area contributed by atoms with Gasteiger partial charge >= 0.3 is 0 Å². The summed E-state index contributed by atoms with van der Waals surface area (Å²) in [6, 6.07) is 5.53. The number of aryl methyl sites for hydroxylation is 1. The highest BCUT2D eigenvalue weighted by Gasteiger charge is 2.08. The fourth-order valence-corrected chi connectivity index (χ4v) is 2.03. The van der Waals surface area contributed by atoms with E-state index in [9.17, 15) is 0 Å². The Labute approximate surface area is 136 Å². The summed E-state index contributed by atoms with van der Waals surface area (Å²) < 4.78 is 5.36. The van der Waals surface area contributed by atoms with E-state index < -0.39 is 0 Å². The maximum atomic E-state index is 6.12. The quantitative estimate of drug-likeness (QED) is 0.833. The molecule has 0 atom stereocenters. The molecule has 2 N–H and O–H groups in total. The first-order valence-electron chi connectivity index (χ1n) is 7.17. The van der Waals surface area contributed by atoms with Gasteiger partial charge in [0.2, 0.25) is 5.95 Å². The molecule has 0 saturated heterocycles. The number of hydrogen-bond acceptors (Lipinski definition) is 5. The van der Waals surface area contributed by atoms with E-state index in [4.69, 9.17) is 16.3 Å². The van der Waals surface area contributed by atoms with Gasteiger partial charge in [-0.15, -0.1) is 0 Å². The molecule has 6 heteroatoms. The molecule has 0 aliphatic rings. The number of rotatable bonds is 6. The zero-order chi connectivity index (χ0) is 16.1. The van der Waals surface area contributed by atoms with Gasteiger partial charge in [-0.2, -0.15) is 4.98 Å². The van der Waals surface area contributed by atoms with Crippen molar-refractivity contribution in [2.45, 2.75) is 20.8 Å². The van der Waals surface area contributed by atoms with Gasteiger partial charge in [0, 0.05) is 23.8 Å². The van der Waals surface area contributed by atoms with Crippen molar-refractivity contribution in [3.63, 3.8) is 0 Å². The minimum absolute atomic E-state index is 0.527. The molecule has 1 aromatic carbocycles. The third-order valence-electron chi connectivity index (χ3n) is 3.07. The van der Waals surface area contributed by atoms with Gasteiger partial charge in [-0.1, -0.05) is 25.4 Å². The average Bonchev–Trinajstić information content (AvgIpc) is 2.49.